The lowest BCUT2D eigenvalue weighted by atomic mass is 10.1. The van der Waals surface area contributed by atoms with E-state index >= 15 is 0 Å². The number of nitrogen functional groups attached to an aromatic ring is 1. The summed E-state index contributed by atoms with van der Waals surface area (Å²) in [5.74, 6) is 0.515. The molecule has 0 spiro atoms. The van der Waals surface area contributed by atoms with Gasteiger partial charge in [-0.3, -0.25) is 9.67 Å². The van der Waals surface area contributed by atoms with Crippen LogP contribution in [0.2, 0.25) is 0 Å². The highest BCUT2D eigenvalue weighted by molar-refractivity contribution is 5.86. The number of hydrogen-bond donors (Lipinski definition) is 1. The predicted octanol–water partition coefficient (Wildman–Crippen LogP) is 1.61. The molecule has 0 saturated heterocycles. The van der Waals surface area contributed by atoms with Gasteiger partial charge in [-0.1, -0.05) is 0 Å². The fourth-order valence-electron chi connectivity index (χ4n) is 1.77. The topological polar surface area (TPSA) is 69.6 Å². The molecule has 0 aliphatic carbocycles. The van der Waals surface area contributed by atoms with Crippen molar-refractivity contribution in [1.82, 2.24) is 19.7 Å². The third-order valence-electron chi connectivity index (χ3n) is 2.63. The van der Waals surface area contributed by atoms with Crippen LogP contribution in [0.1, 0.15) is 0 Å². The molecule has 84 valence electrons. The van der Waals surface area contributed by atoms with E-state index in [1.165, 1.54) is 0 Å². The largest absolute Gasteiger partial charge is 0.384 e. The zero-order valence-electron chi connectivity index (χ0n) is 9.33. The molecule has 0 aliphatic rings. The van der Waals surface area contributed by atoms with Gasteiger partial charge < -0.3 is 5.73 Å². The van der Waals surface area contributed by atoms with E-state index in [-0.39, 0.29) is 0 Å². The molecule has 17 heavy (non-hydrogen) atoms. The molecule has 3 rings (SSSR count). The van der Waals surface area contributed by atoms with E-state index in [1.54, 1.807) is 23.3 Å². The molecule has 0 fully saturated rings. The fourth-order valence-corrected chi connectivity index (χ4v) is 1.77. The highest BCUT2D eigenvalue weighted by Gasteiger charge is 2.03. The molecule has 0 saturated carbocycles. The van der Waals surface area contributed by atoms with Gasteiger partial charge in [-0.25, -0.2) is 4.98 Å². The van der Waals surface area contributed by atoms with Crippen molar-refractivity contribution in [2.24, 2.45) is 7.05 Å². The second-order valence-electron chi connectivity index (χ2n) is 3.93. The van der Waals surface area contributed by atoms with Gasteiger partial charge in [0.2, 0.25) is 0 Å². The summed E-state index contributed by atoms with van der Waals surface area (Å²) in [5, 5.41) is 6.14. The summed E-state index contributed by atoms with van der Waals surface area (Å²) in [6.07, 6.45) is 7.24. The van der Waals surface area contributed by atoms with E-state index in [0.717, 1.165) is 22.0 Å². The van der Waals surface area contributed by atoms with Crippen LogP contribution >= 0.6 is 0 Å². The number of aryl methyl sites for hydroxylation is 1. The summed E-state index contributed by atoms with van der Waals surface area (Å²) in [6.45, 7) is 0. The SMILES string of the molecule is Cn1cc(-c2cc3cc(N)ncc3cn2)cn1. The first kappa shape index (κ1) is 9.77. The number of hydrogen-bond acceptors (Lipinski definition) is 4. The van der Waals surface area contributed by atoms with Crippen LogP contribution in [0.4, 0.5) is 5.82 Å². The molecule has 2 N–H and O–H groups in total. The molecule has 3 aromatic rings. The van der Waals surface area contributed by atoms with Crippen molar-refractivity contribution in [2.45, 2.75) is 0 Å². The van der Waals surface area contributed by atoms with Gasteiger partial charge in [-0.15, -0.1) is 0 Å². The lowest BCUT2D eigenvalue weighted by Crippen LogP contribution is -1.90. The minimum absolute atomic E-state index is 0.515. The van der Waals surface area contributed by atoms with E-state index in [2.05, 4.69) is 15.1 Å². The third kappa shape index (κ3) is 1.71. The molecule has 0 aliphatic heterocycles. The van der Waals surface area contributed by atoms with Crippen molar-refractivity contribution in [2.75, 3.05) is 5.73 Å². The number of nitrogens with zero attached hydrogens (tertiary/aromatic N) is 4. The Kier molecular flexibility index (Phi) is 2.04. The predicted molar refractivity (Wildman–Crippen MR) is 66.2 cm³/mol. The lowest BCUT2D eigenvalue weighted by Gasteiger charge is -2.01. The van der Waals surface area contributed by atoms with E-state index < -0.39 is 0 Å². The molecule has 0 aromatic carbocycles. The lowest BCUT2D eigenvalue weighted by molar-refractivity contribution is 0.768. The first-order chi connectivity index (χ1) is 8.22. The quantitative estimate of drug-likeness (QED) is 0.683. The second-order valence-corrected chi connectivity index (χ2v) is 3.93. The van der Waals surface area contributed by atoms with Crippen LogP contribution in [-0.2, 0) is 7.05 Å². The van der Waals surface area contributed by atoms with Crippen LogP contribution in [-0.4, -0.2) is 19.7 Å². The highest BCUT2D eigenvalue weighted by Crippen LogP contribution is 2.21. The zero-order valence-corrected chi connectivity index (χ0v) is 9.33. The molecule has 3 aromatic heterocycles. The van der Waals surface area contributed by atoms with Crippen LogP contribution in [0.15, 0.2) is 36.9 Å². The van der Waals surface area contributed by atoms with Crippen molar-refractivity contribution in [3.8, 4) is 11.3 Å². The summed E-state index contributed by atoms with van der Waals surface area (Å²) >= 11 is 0. The van der Waals surface area contributed by atoms with E-state index in [0.29, 0.717) is 5.82 Å². The summed E-state index contributed by atoms with van der Waals surface area (Å²) in [6, 6.07) is 3.83. The van der Waals surface area contributed by atoms with Gasteiger partial charge in [0.25, 0.3) is 0 Å². The molecule has 5 nitrogen and oxygen atoms in total. The van der Waals surface area contributed by atoms with Crippen molar-refractivity contribution in [3.63, 3.8) is 0 Å². The Morgan fingerprint density at radius 3 is 2.65 bits per heavy atom. The minimum atomic E-state index is 0.515. The molecule has 0 atom stereocenters. The summed E-state index contributed by atoms with van der Waals surface area (Å²) in [5.41, 5.74) is 7.54. The standard InChI is InChI=1S/C12H11N5/c1-17-7-10(6-16-17)11-2-8-3-12(13)15-5-9(8)4-14-11/h2-7H,1H3,(H2,13,15). The first-order valence-corrected chi connectivity index (χ1v) is 5.23. The van der Waals surface area contributed by atoms with Gasteiger partial charge in [-0.05, 0) is 17.5 Å². The van der Waals surface area contributed by atoms with Crippen molar-refractivity contribution >= 4 is 16.6 Å². The Hall–Kier alpha value is -2.43. The summed E-state index contributed by atoms with van der Waals surface area (Å²) in [4.78, 5) is 8.42. The Morgan fingerprint density at radius 2 is 1.88 bits per heavy atom. The Morgan fingerprint density at radius 1 is 1.06 bits per heavy atom. The smallest absolute Gasteiger partial charge is 0.123 e. The number of aromatic nitrogens is 4. The summed E-state index contributed by atoms with van der Waals surface area (Å²) in [7, 11) is 1.88. The fraction of sp³-hybridized carbons (Fsp3) is 0.0833. The van der Waals surface area contributed by atoms with Crippen LogP contribution in [0, 0.1) is 0 Å². The molecular formula is C12H11N5. The molecule has 0 bridgehead atoms. The maximum absolute atomic E-state index is 5.67. The number of anilines is 1. The molecule has 0 amide bonds. The number of fused-ring (bicyclic) bond motifs is 1. The Labute approximate surface area is 97.9 Å². The molecule has 3 heterocycles. The van der Waals surface area contributed by atoms with Gasteiger partial charge in [0.05, 0.1) is 11.9 Å². The average molecular weight is 225 g/mol. The van der Waals surface area contributed by atoms with Gasteiger partial charge in [-0.2, -0.15) is 5.10 Å². The molecule has 0 radical (unpaired) electrons. The van der Waals surface area contributed by atoms with E-state index in [4.69, 9.17) is 5.73 Å². The monoisotopic (exact) mass is 225 g/mol. The van der Waals surface area contributed by atoms with Gasteiger partial charge >= 0.3 is 0 Å². The maximum Gasteiger partial charge on any atom is 0.123 e. The average Bonchev–Trinajstić information content (AvgIpc) is 2.75. The van der Waals surface area contributed by atoms with Crippen LogP contribution in [0.25, 0.3) is 22.0 Å². The number of pyridine rings is 2. The van der Waals surface area contributed by atoms with Gasteiger partial charge in [0.15, 0.2) is 0 Å². The normalized spacial score (nSPS) is 10.9. The van der Waals surface area contributed by atoms with Crippen LogP contribution < -0.4 is 5.73 Å². The number of nitrogens with two attached hydrogens (primary N) is 1. The first-order valence-electron chi connectivity index (χ1n) is 5.23. The van der Waals surface area contributed by atoms with Gasteiger partial charge in [0.1, 0.15) is 5.82 Å². The summed E-state index contributed by atoms with van der Waals surface area (Å²) < 4.78 is 1.75. The molecule has 0 unspecified atom stereocenters. The highest BCUT2D eigenvalue weighted by atomic mass is 15.2. The van der Waals surface area contributed by atoms with Crippen LogP contribution in [0.5, 0.6) is 0 Å². The Bertz CT molecular complexity index is 686. The van der Waals surface area contributed by atoms with Crippen molar-refractivity contribution < 1.29 is 0 Å². The number of rotatable bonds is 1. The van der Waals surface area contributed by atoms with Crippen molar-refractivity contribution in [1.29, 1.82) is 0 Å². The third-order valence-corrected chi connectivity index (χ3v) is 2.63. The van der Waals surface area contributed by atoms with Crippen LogP contribution in [0.3, 0.4) is 0 Å². The molecule has 5 heteroatoms. The maximum atomic E-state index is 5.67. The minimum Gasteiger partial charge on any atom is -0.384 e. The molecular weight excluding hydrogens is 214 g/mol. The van der Waals surface area contributed by atoms with E-state index in [9.17, 15) is 0 Å². The zero-order chi connectivity index (χ0) is 11.8. The van der Waals surface area contributed by atoms with Gasteiger partial charge in [0, 0.05) is 36.6 Å². The Balaban J connectivity index is 2.18. The van der Waals surface area contributed by atoms with Crippen molar-refractivity contribution in [3.05, 3.63) is 36.9 Å². The second kappa shape index (κ2) is 3.55. The van der Waals surface area contributed by atoms with E-state index in [1.807, 2.05) is 25.4 Å².